The van der Waals surface area contributed by atoms with E-state index in [2.05, 4.69) is 20.4 Å². The number of pyridine rings is 1. The van der Waals surface area contributed by atoms with Crippen molar-refractivity contribution in [2.75, 3.05) is 56.2 Å². The number of carbonyl (C=O) groups is 2. The van der Waals surface area contributed by atoms with Crippen molar-refractivity contribution in [2.24, 2.45) is 0 Å². The van der Waals surface area contributed by atoms with Crippen molar-refractivity contribution in [2.45, 2.75) is 38.9 Å². The lowest BCUT2D eigenvalue weighted by molar-refractivity contribution is -0.137. The van der Waals surface area contributed by atoms with E-state index in [-0.39, 0.29) is 72.1 Å². The van der Waals surface area contributed by atoms with E-state index in [1.807, 2.05) is 17.9 Å². The van der Waals surface area contributed by atoms with Crippen LogP contribution in [0.3, 0.4) is 0 Å². The SMILES string of the molecule is CCc1c(N2CCN(C(=O)c3ncc4c(c3O)OCC4)CC2)c(=O)n2nc(C3=CCOCC3)nc2n1CC(=O)Nc1ccc(C(F)(F)F)cc1Cl. The third-order valence-corrected chi connectivity index (χ3v) is 9.38. The Kier molecular flexibility index (Phi) is 9.09. The summed E-state index contributed by atoms with van der Waals surface area (Å²) in [4.78, 5) is 53.3. The molecule has 3 aromatic heterocycles. The summed E-state index contributed by atoms with van der Waals surface area (Å²) in [5.74, 6) is -0.725. The molecule has 6 heterocycles. The van der Waals surface area contributed by atoms with Crippen molar-refractivity contribution in [3.05, 3.63) is 74.2 Å². The zero-order valence-electron chi connectivity index (χ0n) is 27.3. The molecule has 0 saturated carbocycles. The lowest BCUT2D eigenvalue weighted by atomic mass is 10.1. The van der Waals surface area contributed by atoms with Gasteiger partial charge in [-0.25, -0.2) is 4.98 Å². The van der Waals surface area contributed by atoms with Crippen LogP contribution in [0.25, 0.3) is 11.4 Å². The molecule has 7 rings (SSSR count). The van der Waals surface area contributed by atoms with Crippen LogP contribution < -0.4 is 20.5 Å². The average molecular weight is 729 g/mol. The van der Waals surface area contributed by atoms with E-state index in [4.69, 9.17) is 21.1 Å². The Bertz CT molecular complexity index is 2140. The molecule has 0 aliphatic carbocycles. The van der Waals surface area contributed by atoms with Crippen molar-refractivity contribution in [3.8, 4) is 11.5 Å². The Labute approximate surface area is 293 Å². The zero-order valence-corrected chi connectivity index (χ0v) is 28.1. The fraction of sp³-hybridized carbons (Fsp3) is 0.394. The first-order chi connectivity index (χ1) is 24.4. The van der Waals surface area contributed by atoms with Gasteiger partial charge in [-0.3, -0.25) is 14.4 Å². The first kappa shape index (κ1) is 34.3. The molecule has 3 aliphatic heterocycles. The molecule has 0 radical (unpaired) electrons. The third-order valence-electron chi connectivity index (χ3n) is 9.07. The first-order valence-electron chi connectivity index (χ1n) is 16.3. The molecule has 268 valence electrons. The van der Waals surface area contributed by atoms with Gasteiger partial charge in [-0.1, -0.05) is 24.6 Å². The summed E-state index contributed by atoms with van der Waals surface area (Å²) in [7, 11) is 0. The summed E-state index contributed by atoms with van der Waals surface area (Å²) >= 11 is 6.12. The number of rotatable bonds is 7. The highest BCUT2D eigenvalue weighted by molar-refractivity contribution is 6.33. The molecule has 1 aromatic carbocycles. The summed E-state index contributed by atoms with van der Waals surface area (Å²) in [5, 5.41) is 17.5. The van der Waals surface area contributed by atoms with Crippen LogP contribution in [0.15, 0.2) is 35.3 Å². The Morgan fingerprint density at radius 1 is 1.12 bits per heavy atom. The van der Waals surface area contributed by atoms with Gasteiger partial charge >= 0.3 is 6.18 Å². The van der Waals surface area contributed by atoms with E-state index in [0.29, 0.717) is 50.6 Å². The Morgan fingerprint density at radius 3 is 2.59 bits per heavy atom. The van der Waals surface area contributed by atoms with Crippen molar-refractivity contribution in [3.63, 3.8) is 0 Å². The van der Waals surface area contributed by atoms with Crippen LogP contribution in [0.1, 0.15) is 46.5 Å². The number of amides is 2. The number of aromatic hydroxyl groups is 1. The van der Waals surface area contributed by atoms with Crippen LogP contribution in [0, 0.1) is 0 Å². The molecule has 4 aromatic rings. The summed E-state index contributed by atoms with van der Waals surface area (Å²) < 4.78 is 53.2. The Balaban J connectivity index is 1.21. The predicted molar refractivity (Wildman–Crippen MR) is 178 cm³/mol. The van der Waals surface area contributed by atoms with Gasteiger partial charge in [0.05, 0.1) is 41.8 Å². The quantitative estimate of drug-likeness (QED) is 0.289. The molecule has 18 heteroatoms. The van der Waals surface area contributed by atoms with Gasteiger partial charge in [-0.15, -0.1) is 5.10 Å². The third kappa shape index (κ3) is 6.46. The molecule has 51 heavy (non-hydrogen) atoms. The number of fused-ring (bicyclic) bond motifs is 2. The average Bonchev–Trinajstić information content (AvgIpc) is 3.79. The Morgan fingerprint density at radius 2 is 1.90 bits per heavy atom. The summed E-state index contributed by atoms with van der Waals surface area (Å²) in [6.45, 7) is 3.50. The topological polar surface area (TPSA) is 156 Å². The lowest BCUT2D eigenvalue weighted by Crippen LogP contribution is -2.51. The number of piperazine rings is 1. The smallest absolute Gasteiger partial charge is 0.416 e. The van der Waals surface area contributed by atoms with Crippen LogP contribution in [0.4, 0.5) is 24.5 Å². The fourth-order valence-electron chi connectivity index (χ4n) is 6.49. The van der Waals surface area contributed by atoms with Crippen molar-refractivity contribution in [1.82, 2.24) is 29.0 Å². The van der Waals surface area contributed by atoms with Gasteiger partial charge in [-0.2, -0.15) is 22.7 Å². The van der Waals surface area contributed by atoms with Crippen molar-refractivity contribution < 1.29 is 37.3 Å². The molecule has 2 N–H and O–H groups in total. The van der Waals surface area contributed by atoms with Crippen LogP contribution in [0.2, 0.25) is 5.02 Å². The van der Waals surface area contributed by atoms with E-state index < -0.39 is 29.1 Å². The molecule has 0 bridgehead atoms. The molecule has 0 atom stereocenters. The minimum atomic E-state index is -4.61. The van der Waals surface area contributed by atoms with Crippen molar-refractivity contribution in [1.29, 1.82) is 0 Å². The maximum absolute atomic E-state index is 14.2. The minimum absolute atomic E-state index is 0.0178. The normalized spacial score (nSPS) is 16.2. The number of anilines is 2. The second kappa shape index (κ2) is 13.5. The maximum atomic E-state index is 14.2. The molecule has 0 spiro atoms. The van der Waals surface area contributed by atoms with Crippen LogP contribution in [0.5, 0.6) is 11.5 Å². The van der Waals surface area contributed by atoms with Gasteiger partial charge in [0.25, 0.3) is 11.5 Å². The standard InChI is InChI=1S/C33H32ClF3N8O6/c1-2-23-26(42-8-10-43(11-9-42)30(48)25-27(47)28-19(16-38-25)7-14-51-28)31(49)45-32(40-29(41-45)18-5-12-50-13-6-18)44(23)17-24(46)39-22-4-3-20(15-21(22)34)33(35,36)37/h3-5,15-16,47H,2,6-14,17H2,1H3,(H,39,46). The number of carbonyl (C=O) groups excluding carboxylic acids is 2. The number of aromatic nitrogens is 5. The largest absolute Gasteiger partial charge is 0.503 e. The highest BCUT2D eigenvalue weighted by atomic mass is 35.5. The molecule has 2 amide bonds. The van der Waals surface area contributed by atoms with E-state index in [1.165, 1.54) is 11.1 Å². The number of hydrogen-bond donors (Lipinski definition) is 2. The van der Waals surface area contributed by atoms with Crippen LogP contribution in [-0.2, 0) is 35.1 Å². The molecule has 0 unspecified atom stereocenters. The number of alkyl halides is 3. The van der Waals surface area contributed by atoms with E-state index in [0.717, 1.165) is 33.9 Å². The van der Waals surface area contributed by atoms with Gasteiger partial charge in [-0.05, 0) is 36.6 Å². The van der Waals surface area contributed by atoms with Crippen LogP contribution >= 0.6 is 11.6 Å². The zero-order chi connectivity index (χ0) is 36.0. The van der Waals surface area contributed by atoms with E-state index in [1.54, 1.807) is 4.57 Å². The van der Waals surface area contributed by atoms with Gasteiger partial charge in [0.15, 0.2) is 23.0 Å². The van der Waals surface area contributed by atoms with Gasteiger partial charge < -0.3 is 34.3 Å². The number of nitrogens with one attached hydrogen (secondary N) is 1. The number of ether oxygens (including phenoxy) is 2. The summed E-state index contributed by atoms with van der Waals surface area (Å²) in [6.07, 6.45) is 0.140. The lowest BCUT2D eigenvalue weighted by Gasteiger charge is -2.36. The Hall–Kier alpha value is -5.16. The highest BCUT2D eigenvalue weighted by Gasteiger charge is 2.33. The summed E-state index contributed by atoms with van der Waals surface area (Å²) in [6, 6.07) is 2.63. The summed E-state index contributed by atoms with van der Waals surface area (Å²) in [5.41, 5.74) is 0.684. The van der Waals surface area contributed by atoms with E-state index in [9.17, 15) is 32.7 Å². The second-order valence-corrected chi connectivity index (χ2v) is 12.6. The van der Waals surface area contributed by atoms with Crippen LogP contribution in [-0.4, -0.2) is 92.0 Å². The predicted octanol–water partition coefficient (Wildman–Crippen LogP) is 3.57. The van der Waals surface area contributed by atoms with Gasteiger partial charge in [0, 0.05) is 44.4 Å². The second-order valence-electron chi connectivity index (χ2n) is 12.2. The van der Waals surface area contributed by atoms with E-state index >= 15 is 0 Å². The number of halogens is 4. The molecular formula is C33H32ClF3N8O6. The number of benzene rings is 1. The first-order valence-corrected chi connectivity index (χ1v) is 16.7. The van der Waals surface area contributed by atoms with Crippen molar-refractivity contribution >= 4 is 46.1 Å². The molecule has 3 aliphatic rings. The monoisotopic (exact) mass is 728 g/mol. The highest BCUT2D eigenvalue weighted by Crippen LogP contribution is 2.37. The molecule has 1 fully saturated rings. The number of hydrogen-bond acceptors (Lipinski definition) is 10. The number of nitrogens with zero attached hydrogens (tertiary/aromatic N) is 7. The molecule has 14 nitrogen and oxygen atoms in total. The van der Waals surface area contributed by atoms with Gasteiger partial charge in [0.1, 0.15) is 12.2 Å². The fourth-order valence-corrected chi connectivity index (χ4v) is 6.71. The molecule has 1 saturated heterocycles. The minimum Gasteiger partial charge on any atom is -0.503 e. The molecular weight excluding hydrogens is 697 g/mol. The maximum Gasteiger partial charge on any atom is 0.416 e. The van der Waals surface area contributed by atoms with Gasteiger partial charge in [0.2, 0.25) is 11.7 Å².